The minimum absolute atomic E-state index is 0.00947. The minimum atomic E-state index is -1.29. The first-order valence-corrected chi connectivity index (χ1v) is 7.65. The largest absolute Gasteiger partial charge is 0.465 e. The van der Waals surface area contributed by atoms with E-state index in [-0.39, 0.29) is 16.6 Å². The number of pyridine rings is 1. The van der Waals surface area contributed by atoms with Gasteiger partial charge in [-0.25, -0.2) is 18.6 Å². The number of hydrogen-bond acceptors (Lipinski definition) is 3. The summed E-state index contributed by atoms with van der Waals surface area (Å²) in [6.07, 6.45) is 0.255. The van der Waals surface area contributed by atoms with Crippen molar-refractivity contribution in [3.63, 3.8) is 0 Å². The minimum Gasteiger partial charge on any atom is -0.465 e. The third-order valence-corrected chi connectivity index (χ3v) is 4.37. The first-order valence-electron chi connectivity index (χ1n) is 6.85. The van der Waals surface area contributed by atoms with Crippen molar-refractivity contribution in [2.75, 3.05) is 30.9 Å². The smallest absolute Gasteiger partial charge is 0.411 e. The van der Waals surface area contributed by atoms with Gasteiger partial charge < -0.3 is 15.0 Å². The van der Waals surface area contributed by atoms with Crippen LogP contribution >= 0.6 is 15.9 Å². The fourth-order valence-electron chi connectivity index (χ4n) is 2.71. The Kier molecular flexibility index (Phi) is 3.83. The van der Waals surface area contributed by atoms with Crippen LogP contribution in [0.4, 0.5) is 25.0 Å². The van der Waals surface area contributed by atoms with Crippen LogP contribution in [-0.2, 0) is 0 Å². The second-order valence-electron chi connectivity index (χ2n) is 5.48. The maximum Gasteiger partial charge on any atom is 0.411 e. The fraction of sp³-hybridized carbons (Fsp3) is 0.200. The maximum absolute atomic E-state index is 14.6. The van der Waals surface area contributed by atoms with E-state index in [9.17, 15) is 18.7 Å². The van der Waals surface area contributed by atoms with Crippen molar-refractivity contribution < 1.29 is 18.7 Å². The molecule has 2 N–H and O–H groups in total. The van der Waals surface area contributed by atoms with Gasteiger partial charge >= 0.3 is 6.09 Å². The molecule has 0 atom stereocenters. The van der Waals surface area contributed by atoms with Gasteiger partial charge in [0.2, 0.25) is 0 Å². The second kappa shape index (κ2) is 5.59. The molecule has 2 aromatic heterocycles. The highest BCUT2D eigenvalue weighted by atomic mass is 79.9. The third-order valence-electron chi connectivity index (χ3n) is 3.79. The molecular formula is C15H13BrF2N4O2. The number of fused-ring (bicyclic) bond motifs is 3. The lowest BCUT2D eigenvalue weighted by atomic mass is 10.1. The highest BCUT2D eigenvalue weighted by Crippen LogP contribution is 2.41. The molecule has 3 rings (SSSR count). The molecule has 3 aromatic rings. The molecule has 0 saturated heterocycles. The Morgan fingerprint density at radius 2 is 1.96 bits per heavy atom. The lowest BCUT2D eigenvalue weighted by Crippen LogP contribution is -2.24. The van der Waals surface area contributed by atoms with Crippen LogP contribution in [0.3, 0.4) is 0 Å². The number of anilines is 2. The van der Waals surface area contributed by atoms with Gasteiger partial charge in [0.05, 0.1) is 32.1 Å². The van der Waals surface area contributed by atoms with Crippen LogP contribution in [0.1, 0.15) is 0 Å². The van der Waals surface area contributed by atoms with Crippen molar-refractivity contribution >= 4 is 55.3 Å². The van der Waals surface area contributed by atoms with Gasteiger partial charge in [0.1, 0.15) is 5.65 Å². The first-order chi connectivity index (χ1) is 11.2. The lowest BCUT2D eigenvalue weighted by Gasteiger charge is -2.17. The van der Waals surface area contributed by atoms with Crippen molar-refractivity contribution in [3.8, 4) is 0 Å². The Morgan fingerprint density at radius 1 is 1.29 bits per heavy atom. The Labute approximate surface area is 143 Å². The summed E-state index contributed by atoms with van der Waals surface area (Å²) in [7, 11) is 4.79. The van der Waals surface area contributed by atoms with Crippen molar-refractivity contribution in [2.24, 2.45) is 0 Å². The topological polar surface area (TPSA) is 72.5 Å². The van der Waals surface area contributed by atoms with Gasteiger partial charge in [-0.05, 0) is 15.9 Å². The molecule has 0 radical (unpaired) electrons. The Morgan fingerprint density at radius 3 is 2.54 bits per heavy atom. The predicted octanol–water partition coefficient (Wildman–Crippen LogP) is 3.94. The number of carbonyl (C=O) groups is 1. The summed E-state index contributed by atoms with van der Waals surface area (Å²) in [4.78, 5) is 20.9. The Hall–Kier alpha value is -2.42. The van der Waals surface area contributed by atoms with Crippen LogP contribution in [0.2, 0.25) is 0 Å². The van der Waals surface area contributed by atoms with E-state index in [2.05, 4.69) is 25.9 Å². The van der Waals surface area contributed by atoms with Crippen LogP contribution in [-0.4, -0.2) is 42.3 Å². The molecule has 0 spiro atoms. The maximum atomic E-state index is 14.6. The molecule has 24 heavy (non-hydrogen) atoms. The standard InChI is InChI=1S/C15H13BrF2N4O2/c1-21(2)13-6(16)5-19-14-10(13)9-11(18)7(17)4-8(12(9)20-14)22(3)15(23)24/h4-5H,1-3H3,(H,19,20)(H,23,24). The van der Waals surface area contributed by atoms with E-state index in [4.69, 9.17) is 0 Å². The van der Waals surface area contributed by atoms with Gasteiger partial charge in [0.25, 0.3) is 0 Å². The zero-order valence-corrected chi connectivity index (χ0v) is 14.6. The number of nitrogens with zero attached hydrogens (tertiary/aromatic N) is 3. The summed E-state index contributed by atoms with van der Waals surface area (Å²) in [6.45, 7) is 0. The van der Waals surface area contributed by atoms with E-state index in [1.54, 1.807) is 25.2 Å². The molecule has 0 aliphatic rings. The summed E-state index contributed by atoms with van der Waals surface area (Å²) >= 11 is 3.36. The summed E-state index contributed by atoms with van der Waals surface area (Å²) < 4.78 is 29.3. The number of aromatic nitrogens is 2. The zero-order chi connectivity index (χ0) is 17.8. The second-order valence-corrected chi connectivity index (χ2v) is 6.34. The molecule has 2 heterocycles. The lowest BCUT2D eigenvalue weighted by molar-refractivity contribution is 0.203. The Bertz CT molecular complexity index is 987. The van der Waals surface area contributed by atoms with E-state index in [1.165, 1.54) is 7.05 Å². The van der Waals surface area contributed by atoms with Crippen LogP contribution in [0.15, 0.2) is 16.7 Å². The van der Waals surface area contributed by atoms with Gasteiger partial charge in [-0.15, -0.1) is 0 Å². The van der Waals surface area contributed by atoms with Crippen molar-refractivity contribution in [2.45, 2.75) is 0 Å². The quantitative estimate of drug-likeness (QED) is 0.685. The molecule has 9 heteroatoms. The Balaban J connectivity index is 2.56. The summed E-state index contributed by atoms with van der Waals surface area (Å²) in [5, 5.41) is 9.52. The number of halogens is 3. The number of aromatic amines is 1. The summed E-state index contributed by atoms with van der Waals surface area (Å²) in [5.41, 5.74) is 1.12. The molecule has 1 amide bonds. The van der Waals surface area contributed by atoms with Gasteiger partial charge in [-0.1, -0.05) is 0 Å². The van der Waals surface area contributed by atoms with Crippen molar-refractivity contribution in [1.82, 2.24) is 9.97 Å². The number of benzene rings is 1. The van der Waals surface area contributed by atoms with E-state index in [0.717, 1.165) is 11.0 Å². The van der Waals surface area contributed by atoms with Gasteiger partial charge in [0, 0.05) is 33.4 Å². The highest BCUT2D eigenvalue weighted by molar-refractivity contribution is 9.10. The number of amides is 1. The average molecular weight is 399 g/mol. The number of carboxylic acid groups (broad SMARTS) is 1. The van der Waals surface area contributed by atoms with Gasteiger partial charge in [-0.3, -0.25) is 4.90 Å². The van der Waals surface area contributed by atoms with E-state index < -0.39 is 17.7 Å². The molecule has 1 aromatic carbocycles. The average Bonchev–Trinajstić information content (AvgIpc) is 2.89. The normalized spacial score (nSPS) is 11.2. The molecule has 0 aliphatic heterocycles. The fourth-order valence-corrected chi connectivity index (χ4v) is 3.36. The molecular weight excluding hydrogens is 386 g/mol. The van der Waals surface area contributed by atoms with E-state index in [1.807, 2.05) is 0 Å². The predicted molar refractivity (Wildman–Crippen MR) is 92.0 cm³/mol. The number of hydrogen-bond donors (Lipinski definition) is 2. The monoisotopic (exact) mass is 398 g/mol. The number of H-pyrrole nitrogens is 1. The number of nitrogens with one attached hydrogen (secondary N) is 1. The van der Waals surface area contributed by atoms with E-state index >= 15 is 0 Å². The molecule has 6 nitrogen and oxygen atoms in total. The number of rotatable bonds is 2. The van der Waals surface area contributed by atoms with Crippen LogP contribution in [0, 0.1) is 11.6 Å². The van der Waals surface area contributed by atoms with Crippen molar-refractivity contribution in [1.29, 1.82) is 0 Å². The first kappa shape index (κ1) is 16.4. The molecule has 126 valence electrons. The molecule has 0 unspecified atom stereocenters. The van der Waals surface area contributed by atoms with Crippen LogP contribution < -0.4 is 9.80 Å². The third kappa shape index (κ3) is 2.27. The molecule has 0 saturated carbocycles. The molecule has 0 bridgehead atoms. The summed E-state index contributed by atoms with van der Waals surface area (Å²) in [6, 6.07) is 0.853. The summed E-state index contributed by atoms with van der Waals surface area (Å²) in [5.74, 6) is -2.18. The zero-order valence-electron chi connectivity index (χ0n) is 13.0. The SMILES string of the molecule is CN(C)c1c(Br)cnc2[nH]c3c(N(C)C(=O)O)cc(F)c(F)c3c12. The van der Waals surface area contributed by atoms with Crippen LogP contribution in [0.25, 0.3) is 21.9 Å². The molecule has 0 fully saturated rings. The van der Waals surface area contributed by atoms with Gasteiger partial charge in [0.15, 0.2) is 11.6 Å². The van der Waals surface area contributed by atoms with Gasteiger partial charge in [-0.2, -0.15) is 0 Å². The van der Waals surface area contributed by atoms with Crippen LogP contribution in [0.5, 0.6) is 0 Å². The molecule has 0 aliphatic carbocycles. The van der Waals surface area contributed by atoms with Crippen molar-refractivity contribution in [3.05, 3.63) is 28.4 Å². The highest BCUT2D eigenvalue weighted by Gasteiger charge is 2.24. The van der Waals surface area contributed by atoms with E-state index in [0.29, 0.717) is 21.2 Å².